The van der Waals surface area contributed by atoms with E-state index in [0.717, 1.165) is 18.4 Å². The molecule has 0 spiro atoms. The standard InChI is InChI=1S/C18H25NO2/c1-2-3-4-5-6-7-8-9-10-12-15-13-11-14-16(19)17(15)18(20)21/h11,13-14H,2-7,10,12,19H2,1H3,(H,20,21). The summed E-state index contributed by atoms with van der Waals surface area (Å²) in [5.41, 5.74) is 7.02. The first kappa shape index (κ1) is 17.1. The van der Waals surface area contributed by atoms with Crippen molar-refractivity contribution < 1.29 is 9.90 Å². The number of aromatic carboxylic acids is 1. The normalized spacial score (nSPS) is 9.95. The molecule has 3 heteroatoms. The van der Waals surface area contributed by atoms with Crippen LogP contribution in [0.25, 0.3) is 0 Å². The average molecular weight is 287 g/mol. The molecule has 1 rings (SSSR count). The lowest BCUT2D eigenvalue weighted by atomic mass is 10.0. The van der Waals surface area contributed by atoms with E-state index in [4.69, 9.17) is 5.73 Å². The van der Waals surface area contributed by atoms with Crippen LogP contribution in [0.3, 0.4) is 0 Å². The van der Waals surface area contributed by atoms with E-state index in [0.29, 0.717) is 18.5 Å². The van der Waals surface area contributed by atoms with Crippen LogP contribution < -0.4 is 5.73 Å². The number of hydrogen-bond acceptors (Lipinski definition) is 2. The van der Waals surface area contributed by atoms with Crippen molar-refractivity contribution in [3.05, 3.63) is 29.3 Å². The molecule has 3 N–H and O–H groups in total. The number of nitrogens with two attached hydrogens (primary N) is 1. The molecule has 0 saturated heterocycles. The highest BCUT2D eigenvalue weighted by molar-refractivity contribution is 5.95. The fraction of sp³-hybridized carbons (Fsp3) is 0.500. The number of carbonyl (C=O) groups is 1. The highest BCUT2D eigenvalue weighted by atomic mass is 16.4. The van der Waals surface area contributed by atoms with Crippen LogP contribution in [-0.2, 0) is 6.42 Å². The first-order chi connectivity index (χ1) is 10.2. The summed E-state index contributed by atoms with van der Waals surface area (Å²) < 4.78 is 0. The zero-order chi connectivity index (χ0) is 15.5. The van der Waals surface area contributed by atoms with Crippen molar-refractivity contribution >= 4 is 11.7 Å². The third-order valence-corrected chi connectivity index (χ3v) is 3.45. The van der Waals surface area contributed by atoms with E-state index in [9.17, 15) is 9.90 Å². The van der Waals surface area contributed by atoms with Gasteiger partial charge in [0.1, 0.15) is 0 Å². The molecule has 0 aliphatic carbocycles. The Kier molecular flexibility index (Phi) is 8.04. The number of carboxylic acids is 1. The minimum absolute atomic E-state index is 0.221. The molecule has 0 aromatic heterocycles. The van der Waals surface area contributed by atoms with Gasteiger partial charge < -0.3 is 10.8 Å². The lowest BCUT2D eigenvalue weighted by Crippen LogP contribution is -2.06. The van der Waals surface area contributed by atoms with Crippen molar-refractivity contribution in [3.8, 4) is 11.8 Å². The molecule has 0 unspecified atom stereocenters. The Bertz CT molecular complexity index is 512. The summed E-state index contributed by atoms with van der Waals surface area (Å²) in [4.78, 5) is 11.2. The Morgan fingerprint density at radius 2 is 1.86 bits per heavy atom. The maximum atomic E-state index is 11.2. The van der Waals surface area contributed by atoms with Gasteiger partial charge >= 0.3 is 5.97 Å². The number of anilines is 1. The highest BCUT2D eigenvalue weighted by Gasteiger charge is 2.12. The molecule has 0 saturated carbocycles. The third-order valence-electron chi connectivity index (χ3n) is 3.45. The Morgan fingerprint density at radius 1 is 1.14 bits per heavy atom. The van der Waals surface area contributed by atoms with Gasteiger partial charge in [0.15, 0.2) is 0 Å². The molecule has 0 aliphatic heterocycles. The van der Waals surface area contributed by atoms with E-state index in [1.807, 2.05) is 6.07 Å². The summed E-state index contributed by atoms with van der Waals surface area (Å²) >= 11 is 0. The Balaban J connectivity index is 2.37. The second-order valence-electron chi connectivity index (χ2n) is 5.20. The summed E-state index contributed by atoms with van der Waals surface area (Å²) in [7, 11) is 0. The number of nitrogen functional groups attached to an aromatic ring is 1. The molecule has 114 valence electrons. The van der Waals surface area contributed by atoms with Crippen LogP contribution in [0.5, 0.6) is 0 Å². The summed E-state index contributed by atoms with van der Waals surface area (Å²) in [6, 6.07) is 5.22. The highest BCUT2D eigenvalue weighted by Crippen LogP contribution is 2.18. The van der Waals surface area contributed by atoms with Gasteiger partial charge in [0.25, 0.3) is 0 Å². The van der Waals surface area contributed by atoms with Crippen LogP contribution >= 0.6 is 0 Å². The average Bonchev–Trinajstić information content (AvgIpc) is 2.45. The molecule has 1 aromatic rings. The summed E-state index contributed by atoms with van der Waals surface area (Å²) in [5, 5.41) is 9.17. The van der Waals surface area contributed by atoms with Gasteiger partial charge in [0, 0.05) is 18.5 Å². The fourth-order valence-corrected chi connectivity index (χ4v) is 2.28. The number of unbranched alkanes of at least 4 members (excludes halogenated alkanes) is 5. The van der Waals surface area contributed by atoms with Crippen LogP contribution in [0.1, 0.15) is 67.8 Å². The van der Waals surface area contributed by atoms with Crippen molar-refractivity contribution in [1.29, 1.82) is 0 Å². The first-order valence-electron chi connectivity index (χ1n) is 7.73. The van der Waals surface area contributed by atoms with Crippen LogP contribution in [0.15, 0.2) is 18.2 Å². The zero-order valence-corrected chi connectivity index (χ0v) is 12.8. The molecule has 0 radical (unpaired) electrons. The van der Waals surface area contributed by atoms with Gasteiger partial charge in [-0.2, -0.15) is 0 Å². The van der Waals surface area contributed by atoms with Gasteiger partial charge in [-0.1, -0.05) is 44.7 Å². The SMILES string of the molecule is CCCCCCCC#CCCc1cccc(N)c1C(=O)O. The molecule has 0 aliphatic rings. The maximum Gasteiger partial charge on any atom is 0.338 e. The van der Waals surface area contributed by atoms with Crippen molar-refractivity contribution in [2.45, 2.75) is 58.3 Å². The van der Waals surface area contributed by atoms with Gasteiger partial charge in [-0.3, -0.25) is 0 Å². The van der Waals surface area contributed by atoms with Crippen LogP contribution in [-0.4, -0.2) is 11.1 Å². The lowest BCUT2D eigenvalue weighted by Gasteiger charge is -2.06. The van der Waals surface area contributed by atoms with Crippen molar-refractivity contribution in [3.63, 3.8) is 0 Å². The molecule has 0 heterocycles. The van der Waals surface area contributed by atoms with Crippen molar-refractivity contribution in [1.82, 2.24) is 0 Å². The van der Waals surface area contributed by atoms with E-state index in [1.165, 1.54) is 25.7 Å². The molecular formula is C18H25NO2. The predicted molar refractivity (Wildman–Crippen MR) is 87.3 cm³/mol. The monoisotopic (exact) mass is 287 g/mol. The van der Waals surface area contributed by atoms with Crippen LogP contribution in [0, 0.1) is 11.8 Å². The predicted octanol–water partition coefficient (Wildman–Crippen LogP) is 4.26. The van der Waals surface area contributed by atoms with E-state index in [-0.39, 0.29) is 5.56 Å². The number of hydrogen-bond donors (Lipinski definition) is 2. The zero-order valence-electron chi connectivity index (χ0n) is 12.8. The van der Waals surface area contributed by atoms with Crippen molar-refractivity contribution in [2.75, 3.05) is 5.73 Å². The summed E-state index contributed by atoms with van der Waals surface area (Å²) in [6.45, 7) is 2.21. The fourth-order valence-electron chi connectivity index (χ4n) is 2.28. The minimum atomic E-state index is -0.966. The largest absolute Gasteiger partial charge is 0.478 e. The van der Waals surface area contributed by atoms with Gasteiger partial charge in [-0.25, -0.2) is 4.79 Å². The molecule has 1 aromatic carbocycles. The van der Waals surface area contributed by atoms with Crippen LogP contribution in [0.2, 0.25) is 0 Å². The van der Waals surface area contributed by atoms with Gasteiger partial charge in [0.2, 0.25) is 0 Å². The molecule has 0 amide bonds. The lowest BCUT2D eigenvalue weighted by molar-refractivity contribution is 0.0697. The second kappa shape index (κ2) is 9.88. The maximum absolute atomic E-state index is 11.2. The van der Waals surface area contributed by atoms with E-state index >= 15 is 0 Å². The quantitative estimate of drug-likeness (QED) is 0.426. The molecular weight excluding hydrogens is 262 g/mol. The van der Waals surface area contributed by atoms with E-state index < -0.39 is 5.97 Å². The smallest absolute Gasteiger partial charge is 0.338 e. The van der Waals surface area contributed by atoms with E-state index in [2.05, 4.69) is 18.8 Å². The third kappa shape index (κ3) is 6.35. The van der Waals surface area contributed by atoms with Gasteiger partial charge in [-0.05, 0) is 24.5 Å². The van der Waals surface area contributed by atoms with E-state index in [1.54, 1.807) is 12.1 Å². The summed E-state index contributed by atoms with van der Waals surface area (Å²) in [5.74, 6) is 5.33. The number of carboxylic acid groups (broad SMARTS) is 1. The molecule has 0 atom stereocenters. The second-order valence-corrected chi connectivity index (χ2v) is 5.20. The Labute approximate surface area is 127 Å². The van der Waals surface area contributed by atoms with Crippen molar-refractivity contribution in [2.24, 2.45) is 0 Å². The number of benzene rings is 1. The Morgan fingerprint density at radius 3 is 2.57 bits per heavy atom. The Hall–Kier alpha value is -1.95. The van der Waals surface area contributed by atoms with Gasteiger partial charge in [-0.15, -0.1) is 11.8 Å². The first-order valence-corrected chi connectivity index (χ1v) is 7.73. The number of aryl methyl sites for hydroxylation is 1. The molecule has 21 heavy (non-hydrogen) atoms. The molecule has 3 nitrogen and oxygen atoms in total. The topological polar surface area (TPSA) is 63.3 Å². The minimum Gasteiger partial charge on any atom is -0.478 e. The van der Waals surface area contributed by atoms with Crippen LogP contribution in [0.4, 0.5) is 5.69 Å². The van der Waals surface area contributed by atoms with Gasteiger partial charge in [0.05, 0.1) is 5.56 Å². The summed E-state index contributed by atoms with van der Waals surface area (Å²) in [6.07, 6.45) is 8.52. The molecule has 0 fully saturated rings. The number of rotatable bonds is 8. The molecule has 0 bridgehead atoms.